The molecule has 7 nitrogen and oxygen atoms in total. The van der Waals surface area contributed by atoms with Gasteiger partial charge in [-0.3, -0.25) is 9.69 Å². The van der Waals surface area contributed by atoms with Gasteiger partial charge in [-0.1, -0.05) is 25.1 Å². The summed E-state index contributed by atoms with van der Waals surface area (Å²) in [5.41, 5.74) is 1.61. The third-order valence-corrected chi connectivity index (χ3v) is 8.63. The zero-order chi connectivity index (χ0) is 24.6. The van der Waals surface area contributed by atoms with Crippen LogP contribution in [0.1, 0.15) is 43.0 Å². The largest absolute Gasteiger partial charge is 0.612 e. The number of Topliss-reactive ketones (excluding diaryl/α,β-unsaturated/α-hetero) is 1. The van der Waals surface area contributed by atoms with Gasteiger partial charge in [-0.25, -0.2) is 13.1 Å². The van der Waals surface area contributed by atoms with Gasteiger partial charge in [0, 0.05) is 50.4 Å². The highest BCUT2D eigenvalue weighted by atomic mass is 32.2. The zero-order valence-corrected chi connectivity index (χ0v) is 21.7. The lowest BCUT2D eigenvalue weighted by Gasteiger charge is -2.36. The van der Waals surface area contributed by atoms with Crippen molar-refractivity contribution < 1.29 is 17.8 Å². The Hall–Kier alpha value is -1.91. The number of hydrogen-bond donors (Lipinski definition) is 1. The average molecular weight is 506 g/mol. The summed E-state index contributed by atoms with van der Waals surface area (Å²) in [4.78, 5) is 17.7. The molecule has 1 aliphatic rings. The molecule has 1 N–H and O–H groups in total. The predicted molar refractivity (Wildman–Crippen MR) is 138 cm³/mol. The first-order valence-electron chi connectivity index (χ1n) is 11.8. The normalized spacial score (nSPS) is 15.9. The molecule has 0 bridgehead atoms. The van der Waals surface area contributed by atoms with E-state index in [4.69, 9.17) is 0 Å². The van der Waals surface area contributed by atoms with Gasteiger partial charge in [0.2, 0.25) is 10.0 Å². The Morgan fingerprint density at radius 2 is 1.76 bits per heavy atom. The van der Waals surface area contributed by atoms with Crippen molar-refractivity contribution in [2.75, 3.05) is 50.4 Å². The van der Waals surface area contributed by atoms with E-state index in [1.54, 1.807) is 6.07 Å². The number of sulfonamides is 1. The first kappa shape index (κ1) is 26.7. The lowest BCUT2D eigenvalue weighted by Crippen LogP contribution is -2.46. The van der Waals surface area contributed by atoms with E-state index in [2.05, 4.69) is 38.8 Å². The van der Waals surface area contributed by atoms with Crippen LogP contribution in [0.4, 0.5) is 5.69 Å². The summed E-state index contributed by atoms with van der Waals surface area (Å²) in [5, 5.41) is 0. The first-order chi connectivity index (χ1) is 16.3. The van der Waals surface area contributed by atoms with Gasteiger partial charge in [-0.05, 0) is 67.3 Å². The van der Waals surface area contributed by atoms with Crippen molar-refractivity contribution in [1.29, 1.82) is 0 Å². The maximum atomic E-state index is 12.8. The maximum absolute atomic E-state index is 12.8. The Labute approximate surface area is 206 Å². The van der Waals surface area contributed by atoms with E-state index >= 15 is 0 Å². The molecule has 1 atom stereocenters. The number of nitrogens with one attached hydrogen (secondary N) is 1. The number of benzene rings is 2. The molecule has 2 aromatic carbocycles. The Bertz CT molecular complexity index is 1040. The van der Waals surface area contributed by atoms with Gasteiger partial charge in [0.25, 0.3) is 0 Å². The minimum absolute atomic E-state index is 0.0658. The lowest BCUT2D eigenvalue weighted by molar-refractivity contribution is 0.0977. The summed E-state index contributed by atoms with van der Waals surface area (Å²) in [6.45, 7) is 7.11. The van der Waals surface area contributed by atoms with Gasteiger partial charge in [-0.2, -0.15) is 0 Å². The molecule has 0 aromatic heterocycles. The van der Waals surface area contributed by atoms with Crippen LogP contribution in [0, 0.1) is 0 Å². The van der Waals surface area contributed by atoms with E-state index in [9.17, 15) is 17.8 Å². The summed E-state index contributed by atoms with van der Waals surface area (Å²) >= 11 is -1.48. The molecule has 186 valence electrons. The SMILES string of the molecule is CCCNS(=O)(=O)c1cc(C(=O)CCCCN2CCN(c3ccccc3)CC2)ccc1[S+](C)[O-]. The maximum Gasteiger partial charge on any atom is 0.245 e. The monoisotopic (exact) mass is 505 g/mol. The first-order valence-corrected chi connectivity index (χ1v) is 14.9. The van der Waals surface area contributed by atoms with Crippen molar-refractivity contribution in [3.05, 3.63) is 54.1 Å². The summed E-state index contributed by atoms with van der Waals surface area (Å²) < 4.78 is 39.9. The third-order valence-electron chi connectivity index (χ3n) is 6.03. The number of para-hydroxylation sites is 1. The number of piperazine rings is 1. The summed E-state index contributed by atoms with van der Waals surface area (Å²) in [5.74, 6) is -0.0886. The molecule has 0 radical (unpaired) electrons. The molecule has 1 heterocycles. The number of carbonyl (C=O) groups is 1. The topological polar surface area (TPSA) is 92.8 Å². The summed E-state index contributed by atoms with van der Waals surface area (Å²) in [6.07, 6.45) is 4.10. The molecule has 1 aliphatic heterocycles. The fraction of sp³-hybridized carbons (Fsp3) is 0.480. The van der Waals surface area contributed by atoms with Crippen molar-refractivity contribution in [3.8, 4) is 0 Å². The van der Waals surface area contributed by atoms with E-state index in [1.807, 2.05) is 13.0 Å². The zero-order valence-electron chi connectivity index (χ0n) is 20.0. The number of ketones is 1. The Morgan fingerprint density at radius 1 is 1.06 bits per heavy atom. The smallest absolute Gasteiger partial charge is 0.245 e. The Balaban J connectivity index is 1.50. The Kier molecular flexibility index (Phi) is 9.97. The number of unbranched alkanes of at least 4 members (excludes halogenated alkanes) is 1. The van der Waals surface area contributed by atoms with Crippen molar-refractivity contribution in [3.63, 3.8) is 0 Å². The van der Waals surface area contributed by atoms with Gasteiger partial charge in [0.1, 0.15) is 11.2 Å². The quantitative estimate of drug-likeness (QED) is 0.270. The Morgan fingerprint density at radius 3 is 2.41 bits per heavy atom. The number of nitrogens with zero attached hydrogens (tertiary/aromatic N) is 2. The van der Waals surface area contributed by atoms with E-state index in [0.717, 1.165) is 45.6 Å². The molecule has 9 heteroatoms. The standard InChI is InChI=1S/C25H35N3O4S2/c1-3-14-26-34(31,32)25-20-21(12-13-24(25)33(2)30)23(29)11-7-8-15-27-16-18-28(19-17-27)22-9-5-4-6-10-22/h4-6,9-10,12-13,20,26H,3,7-8,11,14-19H2,1-2H3. The number of carbonyl (C=O) groups excluding carboxylic acids is 1. The molecule has 34 heavy (non-hydrogen) atoms. The van der Waals surface area contributed by atoms with Gasteiger partial charge >= 0.3 is 0 Å². The molecular formula is C25H35N3O4S2. The number of anilines is 1. The minimum Gasteiger partial charge on any atom is -0.612 e. The minimum atomic E-state index is -3.82. The number of rotatable bonds is 12. The summed E-state index contributed by atoms with van der Waals surface area (Å²) in [6, 6.07) is 14.9. The molecular weight excluding hydrogens is 470 g/mol. The van der Waals surface area contributed by atoms with Crippen LogP contribution >= 0.6 is 0 Å². The van der Waals surface area contributed by atoms with Crippen molar-refractivity contribution in [2.24, 2.45) is 0 Å². The van der Waals surface area contributed by atoms with Crippen LogP contribution < -0.4 is 9.62 Å². The van der Waals surface area contributed by atoms with E-state index in [1.165, 1.54) is 24.1 Å². The fourth-order valence-electron chi connectivity index (χ4n) is 4.08. The predicted octanol–water partition coefficient (Wildman–Crippen LogP) is 3.29. The van der Waals surface area contributed by atoms with Crippen LogP contribution in [0.3, 0.4) is 0 Å². The molecule has 3 rings (SSSR count). The van der Waals surface area contributed by atoms with Crippen molar-refractivity contribution >= 4 is 32.7 Å². The van der Waals surface area contributed by atoms with Gasteiger partial charge in [0.05, 0.1) is 0 Å². The van der Waals surface area contributed by atoms with Crippen LogP contribution in [-0.4, -0.2) is 69.2 Å². The highest BCUT2D eigenvalue weighted by Gasteiger charge is 2.25. The molecule has 0 amide bonds. The number of hydrogen-bond acceptors (Lipinski definition) is 6. The van der Waals surface area contributed by atoms with E-state index in [-0.39, 0.29) is 22.1 Å². The van der Waals surface area contributed by atoms with Gasteiger partial charge < -0.3 is 9.45 Å². The second kappa shape index (κ2) is 12.7. The highest BCUT2D eigenvalue weighted by molar-refractivity contribution is 7.93. The molecule has 1 unspecified atom stereocenters. The molecule has 1 saturated heterocycles. The summed E-state index contributed by atoms with van der Waals surface area (Å²) in [7, 11) is -3.82. The van der Waals surface area contributed by atoms with Crippen LogP contribution in [0.5, 0.6) is 0 Å². The van der Waals surface area contributed by atoms with Crippen LogP contribution in [0.15, 0.2) is 58.3 Å². The van der Waals surface area contributed by atoms with E-state index < -0.39 is 21.2 Å². The van der Waals surface area contributed by atoms with Crippen molar-refractivity contribution in [1.82, 2.24) is 9.62 Å². The van der Waals surface area contributed by atoms with Gasteiger partial charge in [0.15, 0.2) is 10.7 Å². The molecule has 0 spiro atoms. The van der Waals surface area contributed by atoms with Crippen molar-refractivity contribution in [2.45, 2.75) is 42.4 Å². The molecule has 0 saturated carbocycles. The fourth-order valence-corrected chi connectivity index (χ4v) is 6.60. The average Bonchev–Trinajstić information content (AvgIpc) is 2.85. The molecule has 2 aromatic rings. The van der Waals surface area contributed by atoms with E-state index in [0.29, 0.717) is 18.4 Å². The lowest BCUT2D eigenvalue weighted by atomic mass is 10.1. The van der Waals surface area contributed by atoms with Crippen LogP contribution in [0.2, 0.25) is 0 Å². The van der Waals surface area contributed by atoms with Crippen LogP contribution in [-0.2, 0) is 21.2 Å². The van der Waals surface area contributed by atoms with Crippen LogP contribution in [0.25, 0.3) is 0 Å². The highest BCUT2D eigenvalue weighted by Crippen LogP contribution is 2.24. The second-order valence-corrected chi connectivity index (χ2v) is 11.6. The third kappa shape index (κ3) is 7.29. The molecule has 0 aliphatic carbocycles. The molecule has 1 fully saturated rings. The van der Waals surface area contributed by atoms with Gasteiger partial charge in [-0.15, -0.1) is 0 Å². The second-order valence-electron chi connectivity index (χ2n) is 8.56.